The quantitative estimate of drug-likeness (QED) is 0.583. The summed E-state index contributed by atoms with van der Waals surface area (Å²) >= 11 is 0. The van der Waals surface area contributed by atoms with Crippen molar-refractivity contribution in [1.29, 1.82) is 0 Å². The van der Waals surface area contributed by atoms with Crippen molar-refractivity contribution in [3.8, 4) is 0 Å². The molecule has 0 unspecified atom stereocenters. The number of aromatic amines is 1. The van der Waals surface area contributed by atoms with Crippen molar-refractivity contribution in [3.05, 3.63) is 66.4 Å². The first-order chi connectivity index (χ1) is 15.0. The number of nitrogens with one attached hydrogen (secondary N) is 3. The van der Waals surface area contributed by atoms with Gasteiger partial charge >= 0.3 is 0 Å². The molecule has 2 amide bonds. The zero-order chi connectivity index (χ0) is 24.7. The number of carbonyl (C=O) groups is 2. The molecule has 1 heterocycles. The van der Waals surface area contributed by atoms with Crippen LogP contribution in [-0.2, 0) is 14.6 Å². The Labute approximate surface area is 188 Å². The van der Waals surface area contributed by atoms with E-state index in [1.165, 1.54) is 31.7 Å². The number of halogens is 1. The largest absolute Gasteiger partial charge is 0.325 e. The number of H-pyrrole nitrogens is 1. The Morgan fingerprint density at radius 3 is 2.22 bits per heavy atom. The Morgan fingerprint density at radius 2 is 1.72 bits per heavy atom. The van der Waals surface area contributed by atoms with Gasteiger partial charge in [-0.3, -0.25) is 14.7 Å². The van der Waals surface area contributed by atoms with Crippen LogP contribution >= 0.6 is 0 Å². The number of carbonyl (C=O) groups excluding carboxylic acids is 2. The predicted molar refractivity (Wildman–Crippen MR) is 124 cm³/mol. The van der Waals surface area contributed by atoms with Crippen molar-refractivity contribution in [1.82, 2.24) is 15.5 Å². The Kier molecular flexibility index (Phi) is 13.2. The first-order valence-electron chi connectivity index (χ1n) is 9.84. The van der Waals surface area contributed by atoms with E-state index in [-0.39, 0.29) is 22.1 Å². The Bertz CT molecular complexity index is 1010. The maximum Gasteiger partial charge on any atom is 0.275 e. The van der Waals surface area contributed by atoms with E-state index in [2.05, 4.69) is 41.3 Å². The maximum atomic E-state index is 12.2. The van der Waals surface area contributed by atoms with Gasteiger partial charge in [-0.05, 0) is 32.9 Å². The minimum Gasteiger partial charge on any atom is -0.325 e. The molecule has 0 bridgehead atoms. The molecule has 0 aliphatic heterocycles. The fourth-order valence-electron chi connectivity index (χ4n) is 1.94. The third-order valence-electron chi connectivity index (χ3n) is 3.31. The van der Waals surface area contributed by atoms with Crippen molar-refractivity contribution in [2.24, 2.45) is 0 Å². The number of benzene rings is 1. The molecule has 0 aliphatic carbocycles. The lowest BCUT2D eigenvalue weighted by atomic mass is 10.3. The molecule has 0 aliphatic rings. The van der Waals surface area contributed by atoms with Gasteiger partial charge in [0.1, 0.15) is 11.4 Å². The second-order valence-corrected chi connectivity index (χ2v) is 8.58. The summed E-state index contributed by atoms with van der Waals surface area (Å²) < 4.78 is 35.2. The van der Waals surface area contributed by atoms with Crippen LogP contribution in [-0.4, -0.2) is 36.2 Å². The van der Waals surface area contributed by atoms with E-state index in [0.29, 0.717) is 5.70 Å². The molecular formula is C22H31FN4O4S. The van der Waals surface area contributed by atoms with Crippen LogP contribution in [0.5, 0.6) is 0 Å². The third kappa shape index (κ3) is 11.2. The van der Waals surface area contributed by atoms with E-state index in [0.717, 1.165) is 0 Å². The summed E-state index contributed by atoms with van der Waals surface area (Å²) in [5, 5.41) is 11.2. The number of hydrogen-bond acceptors (Lipinski definition) is 5. The van der Waals surface area contributed by atoms with E-state index < -0.39 is 27.4 Å². The normalized spacial score (nSPS) is 10.6. The molecule has 0 saturated heterocycles. The molecule has 10 heteroatoms. The van der Waals surface area contributed by atoms with Crippen LogP contribution in [0.2, 0.25) is 0 Å². The first-order valence-corrected chi connectivity index (χ1v) is 11.5. The van der Waals surface area contributed by atoms with Crippen LogP contribution in [0.4, 0.5) is 10.1 Å². The summed E-state index contributed by atoms with van der Waals surface area (Å²) in [6.45, 7) is 11.9. The van der Waals surface area contributed by atoms with Crippen LogP contribution in [0.15, 0.2) is 65.6 Å². The van der Waals surface area contributed by atoms with Crippen molar-refractivity contribution in [2.75, 3.05) is 11.1 Å². The molecule has 8 nitrogen and oxygen atoms in total. The van der Waals surface area contributed by atoms with Gasteiger partial charge in [-0.1, -0.05) is 51.1 Å². The SMILES string of the molecule is C/C=C(\C)NC(=O)c1[nH]ncc1NC(=O)CS(=O)(=O)c1ccccc1.C=C(C)F.CCC. The topological polar surface area (TPSA) is 121 Å². The van der Waals surface area contributed by atoms with E-state index in [1.54, 1.807) is 38.1 Å². The van der Waals surface area contributed by atoms with Crippen LogP contribution in [0.1, 0.15) is 51.5 Å². The fourth-order valence-corrected chi connectivity index (χ4v) is 3.09. The molecule has 32 heavy (non-hydrogen) atoms. The third-order valence-corrected chi connectivity index (χ3v) is 4.94. The molecule has 3 N–H and O–H groups in total. The monoisotopic (exact) mass is 466 g/mol. The highest BCUT2D eigenvalue weighted by Crippen LogP contribution is 2.14. The lowest BCUT2D eigenvalue weighted by Gasteiger charge is -2.08. The summed E-state index contributed by atoms with van der Waals surface area (Å²) in [4.78, 5) is 24.2. The Morgan fingerprint density at radius 1 is 1.19 bits per heavy atom. The smallest absolute Gasteiger partial charge is 0.275 e. The molecule has 1 aromatic heterocycles. The molecule has 0 atom stereocenters. The number of amides is 2. The molecule has 0 saturated carbocycles. The van der Waals surface area contributed by atoms with E-state index in [1.807, 2.05) is 0 Å². The number of hydrogen-bond donors (Lipinski definition) is 3. The van der Waals surface area contributed by atoms with Crippen molar-refractivity contribution < 1.29 is 22.4 Å². The summed E-state index contributed by atoms with van der Waals surface area (Å²) in [5.74, 6) is -2.33. The minimum absolute atomic E-state index is 0.0339. The van der Waals surface area contributed by atoms with Crippen molar-refractivity contribution >= 4 is 27.3 Å². The average molecular weight is 467 g/mol. The molecule has 2 aromatic rings. The van der Waals surface area contributed by atoms with Gasteiger partial charge in [-0.25, -0.2) is 12.8 Å². The summed E-state index contributed by atoms with van der Waals surface area (Å²) in [7, 11) is -3.77. The van der Waals surface area contributed by atoms with Gasteiger partial charge in [-0.2, -0.15) is 5.10 Å². The molecule has 0 radical (unpaired) electrons. The van der Waals surface area contributed by atoms with Crippen LogP contribution in [0.25, 0.3) is 0 Å². The van der Waals surface area contributed by atoms with Gasteiger partial charge in [0.05, 0.1) is 22.6 Å². The predicted octanol–water partition coefficient (Wildman–Crippen LogP) is 4.38. The van der Waals surface area contributed by atoms with E-state index in [9.17, 15) is 22.4 Å². The zero-order valence-electron chi connectivity index (χ0n) is 19.0. The van der Waals surface area contributed by atoms with E-state index in [4.69, 9.17) is 0 Å². The first kappa shape index (κ1) is 28.7. The minimum atomic E-state index is -3.77. The highest BCUT2D eigenvalue weighted by atomic mass is 32.2. The van der Waals surface area contributed by atoms with Gasteiger partial charge in [-0.15, -0.1) is 0 Å². The number of sulfone groups is 1. The number of nitrogens with zero attached hydrogens (tertiary/aromatic N) is 1. The van der Waals surface area contributed by atoms with Crippen LogP contribution in [0.3, 0.4) is 0 Å². The number of allylic oxidation sites excluding steroid dienone is 3. The van der Waals surface area contributed by atoms with Crippen LogP contribution in [0, 0.1) is 0 Å². The molecule has 176 valence electrons. The second-order valence-electron chi connectivity index (χ2n) is 6.59. The van der Waals surface area contributed by atoms with Gasteiger partial charge in [0.15, 0.2) is 9.84 Å². The van der Waals surface area contributed by atoms with Crippen LogP contribution < -0.4 is 10.6 Å². The highest BCUT2D eigenvalue weighted by molar-refractivity contribution is 7.92. The molecular weight excluding hydrogens is 435 g/mol. The van der Waals surface area contributed by atoms with Gasteiger partial charge in [0.25, 0.3) is 5.91 Å². The fraction of sp³-hybridized carbons (Fsp3) is 0.318. The molecule has 0 spiro atoms. The van der Waals surface area contributed by atoms with Crippen molar-refractivity contribution in [3.63, 3.8) is 0 Å². The second kappa shape index (κ2) is 14.7. The highest BCUT2D eigenvalue weighted by Gasteiger charge is 2.21. The standard InChI is InChI=1S/C16H18N4O4S.C3H5F.C3H8/c1-3-11(2)18-16(22)15-13(9-17-20-15)19-14(21)10-25(23,24)12-7-5-4-6-8-12;1-3(2)4;1-3-2/h3-9H,10H2,1-2H3,(H,17,20)(H,18,22)(H,19,21);1H2,2H3;3H2,1-2H3/b11-3+;;. The van der Waals surface area contributed by atoms with Crippen molar-refractivity contribution in [2.45, 2.75) is 45.9 Å². The maximum absolute atomic E-state index is 12.2. The summed E-state index contributed by atoms with van der Waals surface area (Å²) in [5.41, 5.74) is 0.768. The molecule has 1 aromatic carbocycles. The Hall–Kier alpha value is -3.27. The van der Waals surface area contributed by atoms with Gasteiger partial charge < -0.3 is 10.6 Å². The molecule has 0 fully saturated rings. The lowest BCUT2D eigenvalue weighted by molar-refractivity contribution is -0.113. The lowest BCUT2D eigenvalue weighted by Crippen LogP contribution is -2.26. The number of rotatable bonds is 6. The number of aromatic nitrogens is 2. The molecule has 2 rings (SSSR count). The number of anilines is 1. The summed E-state index contributed by atoms with van der Waals surface area (Å²) in [6, 6.07) is 7.67. The van der Waals surface area contributed by atoms with E-state index >= 15 is 0 Å². The summed E-state index contributed by atoms with van der Waals surface area (Å²) in [6.07, 6.45) is 4.20. The Balaban J connectivity index is 0.00000121. The zero-order valence-corrected chi connectivity index (χ0v) is 19.8. The van der Waals surface area contributed by atoms with Gasteiger partial charge in [0.2, 0.25) is 5.91 Å². The van der Waals surface area contributed by atoms with Gasteiger partial charge in [0, 0.05) is 5.70 Å². The average Bonchev–Trinajstić information content (AvgIpc) is 3.16.